The van der Waals surface area contributed by atoms with Crippen molar-refractivity contribution >= 4 is 23.2 Å². The summed E-state index contributed by atoms with van der Waals surface area (Å²) in [5, 5.41) is 6.04. The van der Waals surface area contributed by atoms with Crippen LogP contribution >= 0.6 is 0 Å². The molecule has 168 valence electrons. The van der Waals surface area contributed by atoms with Crippen LogP contribution in [0, 0.1) is 5.92 Å². The van der Waals surface area contributed by atoms with Gasteiger partial charge in [0.2, 0.25) is 5.91 Å². The van der Waals surface area contributed by atoms with Gasteiger partial charge in [0, 0.05) is 50.6 Å². The van der Waals surface area contributed by atoms with Crippen LogP contribution in [-0.2, 0) is 9.53 Å². The van der Waals surface area contributed by atoms with Gasteiger partial charge in [-0.2, -0.15) is 0 Å². The van der Waals surface area contributed by atoms with E-state index in [0.29, 0.717) is 24.4 Å². The molecular formula is C24H39N3O3. The van der Waals surface area contributed by atoms with Gasteiger partial charge in [-0.1, -0.05) is 26.7 Å². The standard InChI is InChI=1S/C24H39N3O3/c1-4-6-11-19(5-2)23(28)26-20-12-13-22(27-15-8-7-9-16-27)21(18-20)24(29)25-14-10-17-30-3/h12-13,18-19H,4-11,14-17H2,1-3H3,(H,25,29)(H,26,28)/t19-/m1/s1. The summed E-state index contributed by atoms with van der Waals surface area (Å²) in [5.74, 6) is -0.0398. The van der Waals surface area contributed by atoms with Gasteiger partial charge in [0.1, 0.15) is 0 Å². The number of carbonyl (C=O) groups excluding carboxylic acids is 2. The van der Waals surface area contributed by atoms with E-state index >= 15 is 0 Å². The van der Waals surface area contributed by atoms with Crippen LogP contribution in [0.15, 0.2) is 18.2 Å². The molecule has 6 nitrogen and oxygen atoms in total. The minimum atomic E-state index is -0.0965. The van der Waals surface area contributed by atoms with Gasteiger partial charge in [-0.05, 0) is 56.7 Å². The van der Waals surface area contributed by atoms with Crippen LogP contribution in [-0.4, -0.2) is 45.2 Å². The van der Waals surface area contributed by atoms with Crippen molar-refractivity contribution in [2.24, 2.45) is 5.92 Å². The number of rotatable bonds is 12. The summed E-state index contributed by atoms with van der Waals surface area (Å²) in [4.78, 5) is 28.0. The molecule has 2 N–H and O–H groups in total. The van der Waals surface area contributed by atoms with E-state index in [-0.39, 0.29) is 17.7 Å². The summed E-state index contributed by atoms with van der Waals surface area (Å²) < 4.78 is 5.07. The van der Waals surface area contributed by atoms with E-state index in [4.69, 9.17) is 4.74 Å². The lowest BCUT2D eigenvalue weighted by Crippen LogP contribution is -2.33. The van der Waals surface area contributed by atoms with Gasteiger partial charge >= 0.3 is 0 Å². The first-order chi connectivity index (χ1) is 14.6. The topological polar surface area (TPSA) is 70.7 Å². The van der Waals surface area contributed by atoms with Crippen LogP contribution < -0.4 is 15.5 Å². The van der Waals surface area contributed by atoms with Gasteiger partial charge in [0.25, 0.3) is 5.91 Å². The van der Waals surface area contributed by atoms with E-state index < -0.39 is 0 Å². The average molecular weight is 418 g/mol. The van der Waals surface area contributed by atoms with Crippen molar-refractivity contribution in [3.8, 4) is 0 Å². The number of methoxy groups -OCH3 is 1. The zero-order valence-electron chi connectivity index (χ0n) is 19.0. The number of anilines is 2. The molecule has 0 aromatic heterocycles. The molecule has 0 spiro atoms. The van der Waals surface area contributed by atoms with Crippen molar-refractivity contribution in [1.82, 2.24) is 5.32 Å². The molecule has 2 amide bonds. The number of amides is 2. The number of benzene rings is 1. The molecule has 2 rings (SSSR count). The lowest BCUT2D eigenvalue weighted by Gasteiger charge is -2.30. The van der Waals surface area contributed by atoms with E-state index in [1.54, 1.807) is 7.11 Å². The van der Waals surface area contributed by atoms with Crippen molar-refractivity contribution in [3.05, 3.63) is 23.8 Å². The fourth-order valence-corrected chi connectivity index (χ4v) is 3.94. The van der Waals surface area contributed by atoms with E-state index in [1.807, 2.05) is 18.2 Å². The maximum Gasteiger partial charge on any atom is 0.253 e. The summed E-state index contributed by atoms with van der Waals surface area (Å²) in [6.07, 6.45) is 8.15. The molecule has 1 atom stereocenters. The Kier molecular flexibility index (Phi) is 10.7. The first kappa shape index (κ1) is 24.2. The Morgan fingerprint density at radius 2 is 1.90 bits per heavy atom. The Labute approximate surface area is 181 Å². The van der Waals surface area contributed by atoms with Crippen LogP contribution in [0.4, 0.5) is 11.4 Å². The lowest BCUT2D eigenvalue weighted by molar-refractivity contribution is -0.120. The van der Waals surface area contributed by atoms with Crippen LogP contribution in [0.1, 0.15) is 75.6 Å². The van der Waals surface area contributed by atoms with Gasteiger partial charge in [-0.3, -0.25) is 9.59 Å². The van der Waals surface area contributed by atoms with E-state index in [0.717, 1.165) is 63.7 Å². The fourth-order valence-electron chi connectivity index (χ4n) is 3.94. The number of unbranched alkanes of at least 4 members (excludes halogenated alkanes) is 1. The molecule has 0 saturated carbocycles. The van der Waals surface area contributed by atoms with Crippen molar-refractivity contribution in [2.75, 3.05) is 43.6 Å². The highest BCUT2D eigenvalue weighted by atomic mass is 16.5. The SMILES string of the molecule is CCCC[C@@H](CC)C(=O)Nc1ccc(N2CCCCC2)c(C(=O)NCCCOC)c1. The molecule has 1 fully saturated rings. The molecule has 1 saturated heterocycles. The Hall–Kier alpha value is -2.08. The van der Waals surface area contributed by atoms with Crippen LogP contribution in [0.2, 0.25) is 0 Å². The molecule has 0 radical (unpaired) electrons. The zero-order chi connectivity index (χ0) is 21.8. The molecule has 6 heteroatoms. The minimum Gasteiger partial charge on any atom is -0.385 e. The number of nitrogens with one attached hydrogen (secondary N) is 2. The first-order valence-corrected chi connectivity index (χ1v) is 11.6. The van der Waals surface area contributed by atoms with E-state index in [1.165, 1.54) is 6.42 Å². The Balaban J connectivity index is 2.17. The summed E-state index contributed by atoms with van der Waals surface area (Å²) in [5.41, 5.74) is 2.28. The highest BCUT2D eigenvalue weighted by Gasteiger charge is 2.21. The highest BCUT2D eigenvalue weighted by molar-refractivity contribution is 6.02. The maximum atomic E-state index is 12.9. The fraction of sp³-hybridized carbons (Fsp3) is 0.667. The predicted octanol–water partition coefficient (Wildman–Crippen LogP) is 4.60. The number of piperidine rings is 1. The summed E-state index contributed by atoms with van der Waals surface area (Å²) in [6, 6.07) is 5.74. The molecule has 1 aliphatic heterocycles. The molecule has 1 aromatic carbocycles. The smallest absolute Gasteiger partial charge is 0.253 e. The largest absolute Gasteiger partial charge is 0.385 e. The summed E-state index contributed by atoms with van der Waals surface area (Å²) in [7, 11) is 1.66. The Morgan fingerprint density at radius 3 is 2.57 bits per heavy atom. The second-order valence-electron chi connectivity index (χ2n) is 8.12. The Morgan fingerprint density at radius 1 is 1.13 bits per heavy atom. The number of ether oxygens (including phenoxy) is 1. The second kappa shape index (κ2) is 13.3. The molecule has 1 aromatic rings. The third-order valence-corrected chi connectivity index (χ3v) is 5.79. The quantitative estimate of drug-likeness (QED) is 0.488. The number of carbonyl (C=O) groups is 2. The lowest BCUT2D eigenvalue weighted by atomic mass is 9.98. The number of hydrogen-bond acceptors (Lipinski definition) is 4. The van der Waals surface area contributed by atoms with Gasteiger partial charge in [0.15, 0.2) is 0 Å². The third kappa shape index (κ3) is 7.31. The zero-order valence-corrected chi connectivity index (χ0v) is 19.0. The predicted molar refractivity (Wildman–Crippen MR) is 123 cm³/mol. The average Bonchev–Trinajstić information content (AvgIpc) is 2.77. The summed E-state index contributed by atoms with van der Waals surface area (Å²) >= 11 is 0. The maximum absolute atomic E-state index is 12.9. The van der Waals surface area contributed by atoms with Gasteiger partial charge in [-0.25, -0.2) is 0 Å². The van der Waals surface area contributed by atoms with Gasteiger partial charge in [-0.15, -0.1) is 0 Å². The minimum absolute atomic E-state index is 0.0121. The van der Waals surface area contributed by atoms with Crippen molar-refractivity contribution in [1.29, 1.82) is 0 Å². The molecule has 1 aliphatic rings. The van der Waals surface area contributed by atoms with Crippen molar-refractivity contribution < 1.29 is 14.3 Å². The van der Waals surface area contributed by atoms with Gasteiger partial charge in [0.05, 0.1) is 5.56 Å². The molecule has 1 heterocycles. The van der Waals surface area contributed by atoms with E-state index in [9.17, 15) is 9.59 Å². The summed E-state index contributed by atoms with van der Waals surface area (Å²) in [6.45, 7) is 7.30. The molecule has 0 bridgehead atoms. The molecule has 0 aliphatic carbocycles. The van der Waals surface area contributed by atoms with Crippen LogP contribution in [0.3, 0.4) is 0 Å². The normalized spacial score (nSPS) is 15.0. The third-order valence-electron chi connectivity index (χ3n) is 5.79. The Bertz CT molecular complexity index is 672. The monoisotopic (exact) mass is 417 g/mol. The van der Waals surface area contributed by atoms with Crippen molar-refractivity contribution in [3.63, 3.8) is 0 Å². The number of hydrogen-bond donors (Lipinski definition) is 2. The van der Waals surface area contributed by atoms with Crippen LogP contribution in [0.25, 0.3) is 0 Å². The molecule has 0 unspecified atom stereocenters. The molecule has 30 heavy (non-hydrogen) atoms. The van der Waals surface area contributed by atoms with E-state index in [2.05, 4.69) is 29.4 Å². The van der Waals surface area contributed by atoms with Crippen molar-refractivity contribution in [2.45, 2.75) is 65.2 Å². The second-order valence-corrected chi connectivity index (χ2v) is 8.12. The van der Waals surface area contributed by atoms with Gasteiger partial charge < -0.3 is 20.3 Å². The first-order valence-electron chi connectivity index (χ1n) is 11.6. The molecular weight excluding hydrogens is 378 g/mol. The number of nitrogens with zero attached hydrogens (tertiary/aromatic N) is 1. The highest BCUT2D eigenvalue weighted by Crippen LogP contribution is 2.28. The van der Waals surface area contributed by atoms with Crippen LogP contribution in [0.5, 0.6) is 0 Å².